The molecule has 5 aromatic rings. The van der Waals surface area contributed by atoms with Gasteiger partial charge in [0.05, 0.1) is 11.4 Å². The summed E-state index contributed by atoms with van der Waals surface area (Å²) in [6.07, 6.45) is 1.81. The number of hydrogen-bond acceptors (Lipinski definition) is 5. The second-order valence-electron chi connectivity index (χ2n) is 9.37. The van der Waals surface area contributed by atoms with Gasteiger partial charge in [0.2, 0.25) is 6.79 Å². The first-order valence-corrected chi connectivity index (χ1v) is 14.4. The lowest BCUT2D eigenvalue weighted by atomic mass is 10.0. The molecule has 0 aliphatic carbocycles. The van der Waals surface area contributed by atoms with Crippen molar-refractivity contribution >= 4 is 17.7 Å². The lowest BCUT2D eigenvalue weighted by Gasteiger charge is -2.13. The van der Waals surface area contributed by atoms with Crippen molar-refractivity contribution in [3.8, 4) is 39.7 Å². The summed E-state index contributed by atoms with van der Waals surface area (Å²) < 4.78 is 13.0. The third-order valence-corrected chi connectivity index (χ3v) is 7.70. The Morgan fingerprint density at radius 1 is 0.800 bits per heavy atom. The Labute approximate surface area is 238 Å². The van der Waals surface area contributed by atoms with E-state index in [1.807, 2.05) is 18.2 Å². The lowest BCUT2D eigenvalue weighted by Crippen LogP contribution is -2.24. The molecule has 0 bridgehead atoms. The van der Waals surface area contributed by atoms with Crippen molar-refractivity contribution in [3.05, 3.63) is 115 Å². The standard InChI is InChI=1S/C33H29N3O3S/c37-32(26-18-19-28-29(22-26)39-23-38-28)34-20-10-11-21-40-33-35-30(24-12-4-1-5-13-24)31(25-14-6-2-7-15-25)36(33)27-16-8-3-9-17-27/h1-9,12-19,22H,10-11,20-21,23H2,(H,34,37). The average Bonchev–Trinajstić information content (AvgIpc) is 3.64. The summed E-state index contributed by atoms with van der Waals surface area (Å²) in [6.45, 7) is 0.797. The highest BCUT2D eigenvalue weighted by Gasteiger charge is 2.21. The second-order valence-corrected chi connectivity index (χ2v) is 10.4. The second kappa shape index (κ2) is 12.1. The van der Waals surface area contributed by atoms with Crippen molar-refractivity contribution in [2.45, 2.75) is 18.0 Å². The Kier molecular flexibility index (Phi) is 7.82. The average molecular weight is 548 g/mol. The molecule has 200 valence electrons. The zero-order valence-corrected chi connectivity index (χ0v) is 22.8. The van der Waals surface area contributed by atoms with Gasteiger partial charge in [-0.15, -0.1) is 0 Å². The molecule has 0 spiro atoms. The number of ether oxygens (including phenoxy) is 2. The van der Waals surface area contributed by atoms with Crippen LogP contribution in [0.1, 0.15) is 23.2 Å². The molecule has 0 saturated heterocycles. The molecule has 0 saturated carbocycles. The molecule has 0 unspecified atom stereocenters. The van der Waals surface area contributed by atoms with E-state index in [0.29, 0.717) is 23.6 Å². The van der Waals surface area contributed by atoms with Gasteiger partial charge in [-0.2, -0.15) is 0 Å². The summed E-state index contributed by atoms with van der Waals surface area (Å²) in [7, 11) is 0. The number of fused-ring (bicyclic) bond motifs is 1. The molecule has 6 nitrogen and oxygen atoms in total. The smallest absolute Gasteiger partial charge is 0.251 e. The number of rotatable bonds is 10. The molecule has 4 aromatic carbocycles. The number of carbonyl (C=O) groups is 1. The number of aromatic nitrogens is 2. The molecule has 2 heterocycles. The Morgan fingerprint density at radius 2 is 1.48 bits per heavy atom. The van der Waals surface area contributed by atoms with Gasteiger partial charge < -0.3 is 14.8 Å². The maximum atomic E-state index is 12.6. The molecule has 1 aromatic heterocycles. The fourth-order valence-corrected chi connectivity index (χ4v) is 5.72. The minimum absolute atomic E-state index is 0.106. The Bertz CT molecular complexity index is 1590. The zero-order valence-electron chi connectivity index (χ0n) is 22.0. The van der Waals surface area contributed by atoms with E-state index in [9.17, 15) is 4.79 Å². The Hall–Kier alpha value is -4.49. The Balaban J connectivity index is 1.17. The molecule has 0 atom stereocenters. The van der Waals surface area contributed by atoms with Crippen molar-refractivity contribution < 1.29 is 14.3 Å². The minimum atomic E-state index is -0.106. The lowest BCUT2D eigenvalue weighted by molar-refractivity contribution is 0.0952. The van der Waals surface area contributed by atoms with Gasteiger partial charge in [0.25, 0.3) is 5.91 Å². The van der Waals surface area contributed by atoms with Gasteiger partial charge in [-0.1, -0.05) is 90.6 Å². The van der Waals surface area contributed by atoms with Crippen LogP contribution in [0.5, 0.6) is 11.5 Å². The molecule has 0 radical (unpaired) electrons. The summed E-state index contributed by atoms with van der Waals surface area (Å²) in [5, 5.41) is 3.97. The van der Waals surface area contributed by atoms with E-state index in [2.05, 4.69) is 82.7 Å². The van der Waals surface area contributed by atoms with Crippen LogP contribution in [-0.2, 0) is 0 Å². The van der Waals surface area contributed by atoms with E-state index in [4.69, 9.17) is 14.5 Å². The summed E-state index contributed by atoms with van der Waals surface area (Å²) >= 11 is 1.74. The number of unbranched alkanes of at least 4 members (excludes halogenated alkanes) is 1. The van der Waals surface area contributed by atoms with Gasteiger partial charge in [-0.3, -0.25) is 9.36 Å². The fraction of sp³-hybridized carbons (Fsp3) is 0.152. The van der Waals surface area contributed by atoms with Crippen LogP contribution in [0.4, 0.5) is 0 Å². The topological polar surface area (TPSA) is 65.4 Å². The molecule has 1 aliphatic rings. The molecule has 0 fully saturated rings. The van der Waals surface area contributed by atoms with Gasteiger partial charge in [-0.05, 0) is 43.2 Å². The maximum Gasteiger partial charge on any atom is 0.251 e. The third-order valence-electron chi connectivity index (χ3n) is 6.68. The summed E-state index contributed by atoms with van der Waals surface area (Å²) in [5.74, 6) is 2.06. The van der Waals surface area contributed by atoms with E-state index in [1.54, 1.807) is 30.0 Å². The van der Waals surface area contributed by atoms with E-state index in [1.165, 1.54) is 0 Å². The number of carbonyl (C=O) groups excluding carboxylic acids is 1. The Morgan fingerprint density at radius 3 is 2.23 bits per heavy atom. The number of para-hydroxylation sites is 1. The zero-order chi connectivity index (χ0) is 27.1. The SMILES string of the molecule is O=C(NCCCCSc1nc(-c2ccccc2)c(-c2ccccc2)n1-c1ccccc1)c1ccc2c(c1)OCO2. The molecule has 40 heavy (non-hydrogen) atoms. The first-order chi connectivity index (χ1) is 19.8. The predicted molar refractivity (Wildman–Crippen MR) is 159 cm³/mol. The van der Waals surface area contributed by atoms with Gasteiger partial charge in [0.1, 0.15) is 0 Å². The quantitative estimate of drug-likeness (QED) is 0.148. The van der Waals surface area contributed by atoms with Crippen molar-refractivity contribution in [1.29, 1.82) is 0 Å². The highest BCUT2D eigenvalue weighted by Crippen LogP contribution is 2.38. The molecule has 1 amide bonds. The third kappa shape index (κ3) is 5.60. The molecular formula is C33H29N3O3S. The van der Waals surface area contributed by atoms with Crippen LogP contribution in [0, 0.1) is 0 Å². The van der Waals surface area contributed by atoms with Gasteiger partial charge in [0.15, 0.2) is 16.7 Å². The van der Waals surface area contributed by atoms with Crippen LogP contribution in [0.2, 0.25) is 0 Å². The van der Waals surface area contributed by atoms with Crippen molar-refractivity contribution in [3.63, 3.8) is 0 Å². The van der Waals surface area contributed by atoms with E-state index in [0.717, 1.165) is 52.0 Å². The number of benzene rings is 4. The molecule has 1 N–H and O–H groups in total. The monoisotopic (exact) mass is 547 g/mol. The van der Waals surface area contributed by atoms with E-state index < -0.39 is 0 Å². The largest absolute Gasteiger partial charge is 0.454 e. The van der Waals surface area contributed by atoms with Gasteiger partial charge in [0, 0.05) is 34.7 Å². The highest BCUT2D eigenvalue weighted by atomic mass is 32.2. The fourth-order valence-electron chi connectivity index (χ4n) is 4.70. The summed E-state index contributed by atoms with van der Waals surface area (Å²) in [4.78, 5) is 17.8. The van der Waals surface area contributed by atoms with Crippen LogP contribution >= 0.6 is 11.8 Å². The summed E-state index contributed by atoms with van der Waals surface area (Å²) in [5.41, 5.74) is 5.91. The molecule has 1 aliphatic heterocycles. The van der Waals surface area contributed by atoms with E-state index in [-0.39, 0.29) is 12.7 Å². The van der Waals surface area contributed by atoms with Gasteiger partial charge >= 0.3 is 0 Å². The number of nitrogens with zero attached hydrogens (tertiary/aromatic N) is 2. The van der Waals surface area contributed by atoms with Crippen molar-refractivity contribution in [2.24, 2.45) is 0 Å². The van der Waals surface area contributed by atoms with Gasteiger partial charge in [-0.25, -0.2) is 4.98 Å². The molecule has 6 rings (SSSR count). The number of amides is 1. The molecular weight excluding hydrogens is 518 g/mol. The van der Waals surface area contributed by atoms with Crippen LogP contribution < -0.4 is 14.8 Å². The number of nitrogens with one attached hydrogen (secondary N) is 1. The first-order valence-electron chi connectivity index (χ1n) is 13.4. The van der Waals surface area contributed by atoms with Crippen LogP contribution in [0.15, 0.2) is 114 Å². The predicted octanol–water partition coefficient (Wildman–Crippen LogP) is 7.24. The molecule has 7 heteroatoms. The van der Waals surface area contributed by atoms with E-state index >= 15 is 0 Å². The maximum absolute atomic E-state index is 12.6. The normalized spacial score (nSPS) is 11.9. The first kappa shape index (κ1) is 25.8. The number of imidazole rings is 1. The number of thioether (sulfide) groups is 1. The number of hydrogen-bond donors (Lipinski definition) is 1. The van der Waals surface area contributed by atoms with Crippen molar-refractivity contribution in [2.75, 3.05) is 19.1 Å². The van der Waals surface area contributed by atoms with Crippen molar-refractivity contribution in [1.82, 2.24) is 14.9 Å². The summed E-state index contributed by atoms with van der Waals surface area (Å²) in [6, 6.07) is 36.5. The highest BCUT2D eigenvalue weighted by molar-refractivity contribution is 7.99. The van der Waals surface area contributed by atoms with Crippen LogP contribution in [0.3, 0.4) is 0 Å². The minimum Gasteiger partial charge on any atom is -0.454 e. The van der Waals surface area contributed by atoms with Crippen LogP contribution in [0.25, 0.3) is 28.2 Å². The van der Waals surface area contributed by atoms with Crippen LogP contribution in [-0.4, -0.2) is 34.5 Å².